The zero-order valence-corrected chi connectivity index (χ0v) is 50.9. The van der Waals surface area contributed by atoms with Gasteiger partial charge in [0, 0.05) is 24.8 Å². The van der Waals surface area contributed by atoms with Gasteiger partial charge in [0.25, 0.3) is 0 Å². The quantitative estimate of drug-likeness (QED) is 0.0239. The van der Waals surface area contributed by atoms with Crippen molar-refractivity contribution in [2.24, 2.45) is 0 Å². The normalized spacial score (nSPS) is 13.9. The first-order valence-corrected chi connectivity index (χ1v) is 29.6. The highest BCUT2D eigenvalue weighted by molar-refractivity contribution is 5.92. The van der Waals surface area contributed by atoms with Crippen molar-refractivity contribution < 1.29 is 170 Å². The molecule has 0 aromatic heterocycles. The second-order valence-corrected chi connectivity index (χ2v) is 22.4. The van der Waals surface area contributed by atoms with Crippen LogP contribution in [0.1, 0.15) is 168 Å². The van der Waals surface area contributed by atoms with Crippen molar-refractivity contribution in [2.75, 3.05) is 13.2 Å². The topological polar surface area (TPSA) is 97.4 Å². The number of rotatable bonds is 43. The number of benzene rings is 3. The molecule has 0 N–H and O–H groups in total. The van der Waals surface area contributed by atoms with Crippen molar-refractivity contribution in [3.8, 4) is 23.0 Å². The van der Waals surface area contributed by atoms with Crippen molar-refractivity contribution in [2.45, 2.75) is 232 Å². The fourth-order valence-corrected chi connectivity index (χ4v) is 8.82. The van der Waals surface area contributed by atoms with Gasteiger partial charge < -0.3 is 23.7 Å². The Morgan fingerprint density at radius 1 is 0.327 bits per heavy atom. The maximum absolute atomic E-state index is 14.2. The van der Waals surface area contributed by atoms with Crippen LogP contribution >= 0.6 is 0 Å². The SMILES string of the molecule is CCCCCCCCC(=O)OCc1cc(OC(=O)c2ccc(OCCCCCCCCC(F)(F)C(F)(F)C(F)(F)C(F)(F)C(F)(F)C(F)(F)C(F)(F)F)cc2)ccc1OC(=O)c1ccc(OCCCCCCCCC(F)(F)C(F)(F)C(F)(F)C(F)(F)C(F)(F)C(F)(F)C(F)(F)F)cc1. The van der Waals surface area contributed by atoms with Crippen molar-refractivity contribution in [3.05, 3.63) is 83.4 Å². The molecule has 0 radical (unpaired) electrons. The molecule has 0 bridgehead atoms. The third kappa shape index (κ3) is 19.6. The zero-order valence-electron chi connectivity index (χ0n) is 50.9. The zero-order chi connectivity index (χ0) is 75.1. The number of unbranched alkanes of at least 4 members (excludes halogenated alkanes) is 15. The average molecular weight is 1480 g/mol. The molecular formula is C60H62F30O8. The minimum absolute atomic E-state index is 0.0362. The maximum Gasteiger partial charge on any atom is 0.460 e. The summed E-state index contributed by atoms with van der Waals surface area (Å²) in [4.78, 5) is 39.2. The lowest BCUT2D eigenvalue weighted by Crippen LogP contribution is -2.72. The van der Waals surface area contributed by atoms with Gasteiger partial charge >= 0.3 is 101 Å². The molecule has 0 aliphatic heterocycles. The molecule has 98 heavy (non-hydrogen) atoms. The molecule has 0 aliphatic rings. The van der Waals surface area contributed by atoms with Crippen LogP contribution in [0.2, 0.25) is 0 Å². The van der Waals surface area contributed by atoms with Gasteiger partial charge in [0.1, 0.15) is 29.6 Å². The first kappa shape index (κ1) is 85.8. The summed E-state index contributed by atoms with van der Waals surface area (Å²) in [6, 6.07) is 14.1. The maximum atomic E-state index is 14.2. The number of alkyl halides is 30. The second kappa shape index (κ2) is 33.4. The Morgan fingerprint density at radius 3 is 1.00 bits per heavy atom. The van der Waals surface area contributed by atoms with Crippen molar-refractivity contribution in [1.29, 1.82) is 0 Å². The van der Waals surface area contributed by atoms with Crippen LogP contribution < -0.4 is 18.9 Å². The number of carbonyl (C=O) groups is 3. The minimum Gasteiger partial charge on any atom is -0.494 e. The van der Waals surface area contributed by atoms with E-state index in [0.29, 0.717) is 6.42 Å². The first-order chi connectivity index (χ1) is 44.7. The van der Waals surface area contributed by atoms with E-state index in [1.165, 1.54) is 66.7 Å². The number of hydrogen-bond acceptors (Lipinski definition) is 8. The van der Waals surface area contributed by atoms with E-state index in [1.54, 1.807) is 0 Å². The smallest absolute Gasteiger partial charge is 0.460 e. The molecule has 38 heteroatoms. The molecule has 3 aromatic rings. The number of halogens is 30. The predicted octanol–water partition coefficient (Wildman–Crippen LogP) is 21.9. The van der Waals surface area contributed by atoms with Crippen LogP contribution in [0.3, 0.4) is 0 Å². The monoisotopic (exact) mass is 1480 g/mol. The molecule has 8 nitrogen and oxygen atoms in total. The third-order valence-corrected chi connectivity index (χ3v) is 14.8. The summed E-state index contributed by atoms with van der Waals surface area (Å²) in [5.74, 6) is -95.9. The molecule has 3 aromatic carbocycles. The molecule has 560 valence electrons. The summed E-state index contributed by atoms with van der Waals surface area (Å²) in [6.45, 7) is 1.45. The molecular weight excluding hydrogens is 1420 g/mol. The summed E-state index contributed by atoms with van der Waals surface area (Å²) in [7, 11) is 0. The lowest BCUT2D eigenvalue weighted by molar-refractivity contribution is -0.452. The van der Waals surface area contributed by atoms with Crippen molar-refractivity contribution >= 4 is 17.9 Å². The summed E-state index contributed by atoms with van der Waals surface area (Å²) < 4.78 is 431. The lowest BCUT2D eigenvalue weighted by atomic mass is 9.89. The van der Waals surface area contributed by atoms with Gasteiger partial charge in [0.05, 0.1) is 24.3 Å². The standard InChI is InChI=1S/C60H62F30O8/c1-2-3-4-5-10-15-20-44(91)96-36-39-35-42(97-45(92)37-21-25-40(26-22-37)94-33-18-13-8-6-11-16-31-47(61,62)49(65,66)51(69,70)53(73,74)55(77,78)57(81,82)59(85,86)87)29-30-43(39)98-46(93)38-23-27-41(28-24-38)95-34-19-14-9-7-12-17-32-48(63,64)50(67,68)52(71,72)54(75,76)56(79,80)58(83,84)60(88,89)90/h21-30,35H,2-20,31-34,36H2,1H3. The number of ether oxygens (including phenoxy) is 5. The van der Waals surface area contributed by atoms with Gasteiger partial charge in [0.15, 0.2) is 0 Å². The van der Waals surface area contributed by atoms with E-state index in [0.717, 1.165) is 32.1 Å². The molecule has 3 rings (SSSR count). The highest BCUT2D eigenvalue weighted by atomic mass is 19.4. The van der Waals surface area contributed by atoms with E-state index < -0.39 is 146 Å². The Labute approximate surface area is 538 Å². The van der Waals surface area contributed by atoms with Crippen LogP contribution in [-0.2, 0) is 16.1 Å². The van der Waals surface area contributed by atoms with E-state index in [9.17, 15) is 146 Å². The van der Waals surface area contributed by atoms with Crippen molar-refractivity contribution in [3.63, 3.8) is 0 Å². The van der Waals surface area contributed by atoms with Crippen LogP contribution in [0.15, 0.2) is 66.7 Å². The van der Waals surface area contributed by atoms with Crippen LogP contribution in [0.25, 0.3) is 0 Å². The molecule has 0 saturated heterocycles. The van der Waals surface area contributed by atoms with Crippen LogP contribution in [0.5, 0.6) is 23.0 Å². The summed E-state index contributed by atoms with van der Waals surface area (Å²) in [5, 5.41) is 0. The predicted molar refractivity (Wildman–Crippen MR) is 284 cm³/mol. The van der Waals surface area contributed by atoms with Gasteiger partial charge in [0.2, 0.25) is 0 Å². The molecule has 0 saturated carbocycles. The summed E-state index contributed by atoms with van der Waals surface area (Å²) in [6.07, 6.45) is -17.5. The van der Waals surface area contributed by atoms with Gasteiger partial charge in [-0.3, -0.25) is 4.79 Å². The van der Waals surface area contributed by atoms with Crippen LogP contribution in [0.4, 0.5) is 132 Å². The van der Waals surface area contributed by atoms with E-state index in [-0.39, 0.29) is 111 Å². The molecule has 0 atom stereocenters. The molecule has 0 heterocycles. The Morgan fingerprint density at radius 2 is 0.633 bits per heavy atom. The fraction of sp³-hybridized carbons (Fsp3) is 0.650. The highest BCUT2D eigenvalue weighted by Crippen LogP contribution is 2.65. The van der Waals surface area contributed by atoms with Gasteiger partial charge in [-0.1, -0.05) is 90.4 Å². The van der Waals surface area contributed by atoms with Gasteiger partial charge in [-0.25, -0.2) is 9.59 Å². The number of hydrogen-bond donors (Lipinski definition) is 0. The molecule has 0 fully saturated rings. The minimum atomic E-state index is -8.35. The largest absolute Gasteiger partial charge is 0.494 e. The Bertz CT molecular complexity index is 3000. The van der Waals surface area contributed by atoms with Crippen LogP contribution in [-0.4, -0.2) is 115 Å². The van der Waals surface area contributed by atoms with Gasteiger partial charge in [-0.05, 0) is 98.8 Å². The Kier molecular flexibility index (Phi) is 29.2. The third-order valence-electron chi connectivity index (χ3n) is 14.8. The van der Waals surface area contributed by atoms with Crippen LogP contribution in [0, 0.1) is 0 Å². The number of carbonyl (C=O) groups excluding carboxylic acids is 3. The summed E-state index contributed by atoms with van der Waals surface area (Å²) >= 11 is 0. The van der Waals surface area contributed by atoms with Gasteiger partial charge in [-0.2, -0.15) is 132 Å². The summed E-state index contributed by atoms with van der Waals surface area (Å²) in [5.41, 5.74) is -0.0639. The van der Waals surface area contributed by atoms with Crippen molar-refractivity contribution in [1.82, 2.24) is 0 Å². The second-order valence-electron chi connectivity index (χ2n) is 22.4. The average Bonchev–Trinajstić information content (AvgIpc) is 0.710. The molecule has 0 spiro atoms. The van der Waals surface area contributed by atoms with E-state index in [1.807, 2.05) is 6.92 Å². The van der Waals surface area contributed by atoms with E-state index in [2.05, 4.69) is 0 Å². The molecule has 0 amide bonds. The number of esters is 3. The Hall–Kier alpha value is -6.43. The lowest BCUT2D eigenvalue weighted by Gasteiger charge is -2.41. The molecule has 0 aliphatic carbocycles. The fourth-order valence-electron chi connectivity index (χ4n) is 8.82. The van der Waals surface area contributed by atoms with E-state index in [4.69, 9.17) is 23.7 Å². The molecule has 0 unspecified atom stereocenters. The Balaban J connectivity index is 1.53. The highest BCUT2D eigenvalue weighted by Gasteiger charge is 2.94. The van der Waals surface area contributed by atoms with E-state index >= 15 is 0 Å². The first-order valence-electron chi connectivity index (χ1n) is 29.6. The van der Waals surface area contributed by atoms with Gasteiger partial charge in [-0.15, -0.1) is 0 Å².